The summed E-state index contributed by atoms with van der Waals surface area (Å²) in [6, 6.07) is 0. The van der Waals surface area contributed by atoms with E-state index in [0.717, 1.165) is 13.1 Å². The Morgan fingerprint density at radius 1 is 1.54 bits per heavy atom. The molecule has 0 saturated carbocycles. The monoisotopic (exact) mass is 249 g/mol. The molecule has 0 amide bonds. The highest BCUT2D eigenvalue weighted by atomic mass is 79.9. The number of ether oxygens (including phenoxy) is 2. The smallest absolute Gasteiger partial charge is 0.346 e. The summed E-state index contributed by atoms with van der Waals surface area (Å²) in [5, 5.41) is 0. The minimum Gasteiger partial charge on any atom is -0.465 e. The van der Waals surface area contributed by atoms with E-state index in [1.807, 2.05) is 4.90 Å². The molecule has 1 aliphatic rings. The minimum absolute atomic E-state index is 0.355. The molecule has 4 nitrogen and oxygen atoms in total. The van der Waals surface area contributed by atoms with Crippen LogP contribution < -0.4 is 0 Å². The van der Waals surface area contributed by atoms with Gasteiger partial charge in [0, 0.05) is 19.3 Å². The van der Waals surface area contributed by atoms with Gasteiger partial charge in [0.25, 0.3) is 0 Å². The van der Waals surface area contributed by atoms with Crippen molar-refractivity contribution in [1.82, 2.24) is 4.90 Å². The van der Waals surface area contributed by atoms with Gasteiger partial charge >= 0.3 is 5.97 Å². The van der Waals surface area contributed by atoms with E-state index in [9.17, 15) is 4.79 Å². The summed E-state index contributed by atoms with van der Waals surface area (Å²) < 4.78 is 10.1. The molecule has 0 unspecified atom stereocenters. The maximum atomic E-state index is 11.0. The Morgan fingerprint density at radius 2 is 2.15 bits per heavy atom. The Kier molecular flexibility index (Phi) is 4.24. The summed E-state index contributed by atoms with van der Waals surface area (Å²) in [5.74, 6) is -0.355. The molecule has 0 aromatic heterocycles. The van der Waals surface area contributed by atoms with Gasteiger partial charge in [-0.25, -0.2) is 4.79 Å². The van der Waals surface area contributed by atoms with E-state index in [1.54, 1.807) is 6.20 Å². The third kappa shape index (κ3) is 3.36. The summed E-state index contributed by atoms with van der Waals surface area (Å²) in [5.41, 5.74) is 0. The van der Waals surface area contributed by atoms with Crippen LogP contribution in [0.4, 0.5) is 0 Å². The van der Waals surface area contributed by atoms with Crippen molar-refractivity contribution in [2.45, 2.75) is 0 Å². The molecule has 74 valence electrons. The van der Waals surface area contributed by atoms with E-state index in [-0.39, 0.29) is 5.97 Å². The molecule has 1 aliphatic heterocycles. The lowest BCUT2D eigenvalue weighted by Crippen LogP contribution is -2.32. The number of hydrogen-bond acceptors (Lipinski definition) is 4. The van der Waals surface area contributed by atoms with E-state index >= 15 is 0 Å². The second kappa shape index (κ2) is 5.24. The predicted octanol–water partition coefficient (Wildman–Crippen LogP) is 0.728. The number of halogens is 1. The van der Waals surface area contributed by atoms with Gasteiger partial charge in [-0.05, 0) is 15.9 Å². The van der Waals surface area contributed by atoms with Gasteiger partial charge in [-0.15, -0.1) is 0 Å². The van der Waals surface area contributed by atoms with Crippen LogP contribution in [0.5, 0.6) is 0 Å². The van der Waals surface area contributed by atoms with E-state index in [0.29, 0.717) is 17.7 Å². The first-order valence-corrected chi connectivity index (χ1v) is 4.81. The number of hydrogen-bond donors (Lipinski definition) is 0. The lowest BCUT2D eigenvalue weighted by atomic mass is 10.4. The van der Waals surface area contributed by atoms with Gasteiger partial charge in [-0.2, -0.15) is 0 Å². The molecule has 13 heavy (non-hydrogen) atoms. The quantitative estimate of drug-likeness (QED) is 0.535. The molecule has 0 radical (unpaired) electrons. The van der Waals surface area contributed by atoms with Crippen LogP contribution in [0.25, 0.3) is 0 Å². The fraction of sp³-hybridized carbons (Fsp3) is 0.625. The highest BCUT2D eigenvalue weighted by Gasteiger charge is 2.10. The van der Waals surface area contributed by atoms with Gasteiger partial charge in [-0.1, -0.05) is 0 Å². The Morgan fingerprint density at radius 3 is 2.69 bits per heavy atom. The molecule has 0 aromatic carbocycles. The van der Waals surface area contributed by atoms with Gasteiger partial charge in [0.15, 0.2) is 0 Å². The van der Waals surface area contributed by atoms with Crippen molar-refractivity contribution in [3.63, 3.8) is 0 Å². The number of carbonyl (C=O) groups is 1. The van der Waals surface area contributed by atoms with Crippen molar-refractivity contribution >= 4 is 21.9 Å². The van der Waals surface area contributed by atoms with Crippen molar-refractivity contribution in [2.75, 3.05) is 33.4 Å². The number of rotatable bonds is 2. The van der Waals surface area contributed by atoms with Crippen molar-refractivity contribution < 1.29 is 14.3 Å². The number of carbonyl (C=O) groups excluding carboxylic acids is 1. The van der Waals surface area contributed by atoms with Gasteiger partial charge in [-0.3, -0.25) is 0 Å². The molecule has 0 N–H and O–H groups in total. The number of morpholine rings is 1. The molecule has 0 aliphatic carbocycles. The van der Waals surface area contributed by atoms with Crippen molar-refractivity contribution in [1.29, 1.82) is 0 Å². The van der Waals surface area contributed by atoms with Crippen LogP contribution in [0.3, 0.4) is 0 Å². The topological polar surface area (TPSA) is 38.8 Å². The summed E-state index contributed by atoms with van der Waals surface area (Å²) in [6.45, 7) is 3.04. The van der Waals surface area contributed by atoms with Crippen molar-refractivity contribution in [3.8, 4) is 0 Å². The van der Waals surface area contributed by atoms with Gasteiger partial charge in [0.1, 0.15) is 4.48 Å². The summed E-state index contributed by atoms with van der Waals surface area (Å²) in [6.07, 6.45) is 1.74. The van der Waals surface area contributed by atoms with E-state index in [4.69, 9.17) is 4.74 Å². The molecule has 5 heteroatoms. The highest BCUT2D eigenvalue weighted by Crippen LogP contribution is 2.09. The molecule has 1 rings (SSSR count). The average Bonchev–Trinajstić information content (AvgIpc) is 2.18. The second-order valence-electron chi connectivity index (χ2n) is 2.62. The van der Waals surface area contributed by atoms with Crippen LogP contribution in [-0.4, -0.2) is 44.3 Å². The molecular weight excluding hydrogens is 238 g/mol. The number of methoxy groups -OCH3 is 1. The standard InChI is InChI=1S/C8H12BrNO3/c1-12-8(11)7(9)6-10-2-4-13-5-3-10/h6H,2-5H2,1H3/b7-6-. The Labute approximate surface area is 85.6 Å². The van der Waals surface area contributed by atoms with E-state index < -0.39 is 0 Å². The van der Waals surface area contributed by atoms with Gasteiger partial charge in [0.05, 0.1) is 20.3 Å². The zero-order valence-electron chi connectivity index (χ0n) is 7.46. The molecular formula is C8H12BrNO3. The SMILES string of the molecule is COC(=O)/C(Br)=C/N1CCOCC1. The largest absolute Gasteiger partial charge is 0.465 e. The number of nitrogens with zero attached hydrogens (tertiary/aromatic N) is 1. The van der Waals surface area contributed by atoms with Crippen LogP contribution in [0, 0.1) is 0 Å². The fourth-order valence-corrected chi connectivity index (χ4v) is 1.47. The molecule has 1 saturated heterocycles. The van der Waals surface area contributed by atoms with Crippen LogP contribution in [0.2, 0.25) is 0 Å². The summed E-state index contributed by atoms with van der Waals surface area (Å²) in [4.78, 5) is 13.0. The third-order valence-electron chi connectivity index (χ3n) is 1.72. The van der Waals surface area contributed by atoms with Crippen LogP contribution in [0.1, 0.15) is 0 Å². The number of esters is 1. The molecule has 0 bridgehead atoms. The first-order valence-electron chi connectivity index (χ1n) is 4.01. The summed E-state index contributed by atoms with van der Waals surface area (Å²) >= 11 is 3.14. The molecule has 1 heterocycles. The van der Waals surface area contributed by atoms with Crippen LogP contribution in [-0.2, 0) is 14.3 Å². The minimum atomic E-state index is -0.355. The normalized spacial score (nSPS) is 18.6. The first kappa shape index (κ1) is 10.5. The lowest BCUT2D eigenvalue weighted by molar-refractivity contribution is -0.135. The Hall–Kier alpha value is -0.550. The van der Waals surface area contributed by atoms with Crippen molar-refractivity contribution in [3.05, 3.63) is 10.7 Å². The summed E-state index contributed by atoms with van der Waals surface area (Å²) in [7, 11) is 1.36. The second-order valence-corrected chi connectivity index (χ2v) is 3.47. The molecule has 0 spiro atoms. The van der Waals surface area contributed by atoms with Gasteiger partial charge in [0.2, 0.25) is 0 Å². The highest BCUT2D eigenvalue weighted by molar-refractivity contribution is 9.12. The fourth-order valence-electron chi connectivity index (χ4n) is 1.02. The molecule has 1 fully saturated rings. The van der Waals surface area contributed by atoms with E-state index in [2.05, 4.69) is 20.7 Å². The average molecular weight is 250 g/mol. The van der Waals surface area contributed by atoms with Crippen LogP contribution >= 0.6 is 15.9 Å². The zero-order valence-corrected chi connectivity index (χ0v) is 9.04. The first-order chi connectivity index (χ1) is 6.24. The van der Waals surface area contributed by atoms with E-state index in [1.165, 1.54) is 7.11 Å². The Balaban J connectivity index is 2.47. The predicted molar refractivity (Wildman–Crippen MR) is 51.4 cm³/mol. The molecule has 0 aromatic rings. The zero-order chi connectivity index (χ0) is 9.68. The van der Waals surface area contributed by atoms with Gasteiger partial charge < -0.3 is 14.4 Å². The van der Waals surface area contributed by atoms with Crippen molar-refractivity contribution in [2.24, 2.45) is 0 Å². The maximum absolute atomic E-state index is 11.0. The molecule has 0 atom stereocenters. The Bertz CT molecular complexity index is 211. The maximum Gasteiger partial charge on any atom is 0.346 e. The lowest BCUT2D eigenvalue weighted by Gasteiger charge is -2.25. The van der Waals surface area contributed by atoms with Crippen LogP contribution in [0.15, 0.2) is 10.7 Å². The third-order valence-corrected chi connectivity index (χ3v) is 2.25.